The fraction of sp³-hybridized carbons (Fsp3) is 0.250. The number of hydrogen-bond acceptors (Lipinski definition) is 4. The summed E-state index contributed by atoms with van der Waals surface area (Å²) >= 11 is 0. The normalized spacial score (nSPS) is 11.2. The lowest BCUT2D eigenvalue weighted by atomic mass is 10.0. The molecule has 0 fully saturated rings. The fourth-order valence-electron chi connectivity index (χ4n) is 2.59. The van der Waals surface area contributed by atoms with Crippen molar-refractivity contribution in [2.75, 3.05) is 7.11 Å². The predicted molar refractivity (Wildman–Crippen MR) is 99.1 cm³/mol. The molecule has 6 heteroatoms. The second kappa shape index (κ2) is 7.39. The number of rotatable bonds is 6. The van der Waals surface area contributed by atoms with Gasteiger partial charge in [-0.25, -0.2) is 4.68 Å². The van der Waals surface area contributed by atoms with E-state index in [9.17, 15) is 4.79 Å². The Morgan fingerprint density at radius 2 is 1.81 bits per heavy atom. The minimum absolute atomic E-state index is 0.171. The van der Waals surface area contributed by atoms with Crippen molar-refractivity contribution in [2.24, 2.45) is 0 Å². The van der Waals surface area contributed by atoms with Crippen molar-refractivity contribution in [3.63, 3.8) is 0 Å². The molecule has 1 aromatic heterocycles. The molecule has 0 spiro atoms. The van der Waals surface area contributed by atoms with E-state index in [-0.39, 0.29) is 5.91 Å². The maximum atomic E-state index is 12.5. The Kier molecular flexibility index (Phi) is 5.02. The number of amides is 1. The number of aromatic nitrogens is 3. The number of methoxy groups -OCH3 is 1. The molecule has 0 aliphatic carbocycles. The second-order valence-corrected chi connectivity index (χ2v) is 6.59. The molecule has 1 N–H and O–H groups in total. The number of benzene rings is 2. The van der Waals surface area contributed by atoms with Crippen LogP contribution in [0.1, 0.15) is 35.5 Å². The number of ether oxygens (including phenoxy) is 1. The van der Waals surface area contributed by atoms with E-state index < -0.39 is 5.54 Å². The highest BCUT2D eigenvalue weighted by Gasteiger charge is 2.27. The van der Waals surface area contributed by atoms with Gasteiger partial charge in [-0.3, -0.25) is 4.79 Å². The topological polar surface area (TPSA) is 69.0 Å². The van der Waals surface area contributed by atoms with Gasteiger partial charge in [-0.05, 0) is 43.7 Å². The van der Waals surface area contributed by atoms with E-state index in [0.29, 0.717) is 23.6 Å². The monoisotopic (exact) mass is 350 g/mol. The maximum absolute atomic E-state index is 12.5. The first-order valence-corrected chi connectivity index (χ1v) is 8.39. The molecular weight excluding hydrogens is 328 g/mol. The van der Waals surface area contributed by atoms with Crippen molar-refractivity contribution in [3.8, 4) is 5.75 Å². The Morgan fingerprint density at radius 3 is 2.46 bits per heavy atom. The molecule has 3 rings (SSSR count). The average Bonchev–Trinajstić information content (AvgIpc) is 3.12. The van der Waals surface area contributed by atoms with Crippen molar-refractivity contribution >= 4 is 5.91 Å². The Bertz CT molecular complexity index is 870. The maximum Gasteiger partial charge on any atom is 0.252 e. The van der Waals surface area contributed by atoms with Crippen molar-refractivity contribution in [1.29, 1.82) is 0 Å². The summed E-state index contributed by atoms with van der Waals surface area (Å²) in [4.78, 5) is 12.5. The molecule has 0 aliphatic rings. The molecule has 2 aromatic carbocycles. The first-order valence-electron chi connectivity index (χ1n) is 8.39. The quantitative estimate of drug-likeness (QED) is 0.742. The molecule has 3 aromatic rings. The summed E-state index contributed by atoms with van der Waals surface area (Å²) in [5.41, 5.74) is 1.77. The molecule has 1 heterocycles. The van der Waals surface area contributed by atoms with E-state index in [0.717, 1.165) is 5.56 Å². The van der Waals surface area contributed by atoms with E-state index in [1.165, 1.54) is 0 Å². The largest absolute Gasteiger partial charge is 0.497 e. The van der Waals surface area contributed by atoms with Crippen LogP contribution in [0.4, 0.5) is 0 Å². The van der Waals surface area contributed by atoms with Crippen molar-refractivity contribution in [2.45, 2.75) is 25.9 Å². The number of hydrogen-bond donors (Lipinski definition) is 1. The van der Waals surface area contributed by atoms with E-state index in [2.05, 4.69) is 15.6 Å². The summed E-state index contributed by atoms with van der Waals surface area (Å²) in [6.45, 7) is 4.45. The Labute approximate surface area is 152 Å². The highest BCUT2D eigenvalue weighted by molar-refractivity contribution is 5.94. The van der Waals surface area contributed by atoms with Gasteiger partial charge < -0.3 is 10.1 Å². The van der Waals surface area contributed by atoms with Crippen LogP contribution in [-0.4, -0.2) is 28.0 Å². The number of nitrogens with one attached hydrogen (secondary N) is 1. The van der Waals surface area contributed by atoms with Crippen LogP contribution in [-0.2, 0) is 12.1 Å². The minimum atomic E-state index is -0.647. The van der Waals surface area contributed by atoms with Crippen molar-refractivity contribution < 1.29 is 9.53 Å². The zero-order valence-electron chi connectivity index (χ0n) is 15.1. The summed E-state index contributed by atoms with van der Waals surface area (Å²) in [6, 6.07) is 17.0. The third-order valence-electron chi connectivity index (χ3n) is 4.14. The predicted octanol–water partition coefficient (Wildman–Crippen LogP) is 3.00. The lowest BCUT2D eigenvalue weighted by Crippen LogP contribution is -2.41. The van der Waals surface area contributed by atoms with Crippen LogP contribution in [0.5, 0.6) is 5.75 Å². The first kappa shape index (κ1) is 17.7. The summed E-state index contributed by atoms with van der Waals surface area (Å²) in [5, 5.41) is 11.4. The van der Waals surface area contributed by atoms with Crippen LogP contribution in [0.15, 0.2) is 60.8 Å². The highest BCUT2D eigenvalue weighted by Crippen LogP contribution is 2.19. The average molecular weight is 350 g/mol. The van der Waals surface area contributed by atoms with Gasteiger partial charge >= 0.3 is 0 Å². The van der Waals surface area contributed by atoms with E-state index in [4.69, 9.17) is 4.74 Å². The van der Waals surface area contributed by atoms with Crippen molar-refractivity contribution in [3.05, 3.63) is 77.6 Å². The molecule has 1 amide bonds. The lowest BCUT2D eigenvalue weighted by molar-refractivity contribution is 0.0910. The summed E-state index contributed by atoms with van der Waals surface area (Å²) in [5.74, 6) is 0.542. The Hall–Kier alpha value is -3.15. The fourth-order valence-corrected chi connectivity index (χ4v) is 2.59. The highest BCUT2D eigenvalue weighted by atomic mass is 16.5. The molecule has 26 heavy (non-hydrogen) atoms. The minimum Gasteiger partial charge on any atom is -0.497 e. The standard InChI is InChI=1S/C20H22N4O2/c1-20(2,21-19(25)16-9-11-17(26-3)12-10-16)18-14-24(23-22-18)13-15-7-5-4-6-8-15/h4-12,14H,13H2,1-3H3,(H,21,25). The smallest absolute Gasteiger partial charge is 0.252 e. The molecule has 0 saturated carbocycles. The van der Waals surface area contributed by atoms with Crippen molar-refractivity contribution in [1.82, 2.24) is 20.3 Å². The molecule has 0 radical (unpaired) electrons. The first-order chi connectivity index (χ1) is 12.5. The van der Waals surface area contributed by atoms with Gasteiger partial charge in [0.25, 0.3) is 5.91 Å². The molecular formula is C20H22N4O2. The van der Waals surface area contributed by atoms with Gasteiger partial charge in [0, 0.05) is 5.56 Å². The van der Waals surface area contributed by atoms with Crippen LogP contribution < -0.4 is 10.1 Å². The number of nitrogens with zero attached hydrogens (tertiary/aromatic N) is 3. The van der Waals surface area contributed by atoms with Gasteiger partial charge in [-0.15, -0.1) is 5.10 Å². The van der Waals surface area contributed by atoms with Crippen LogP contribution in [0.25, 0.3) is 0 Å². The molecule has 0 bridgehead atoms. The van der Waals surface area contributed by atoms with Crippen LogP contribution in [0, 0.1) is 0 Å². The molecule has 6 nitrogen and oxygen atoms in total. The molecule has 0 saturated heterocycles. The number of carbonyl (C=O) groups is 1. The third kappa shape index (κ3) is 4.08. The molecule has 0 unspecified atom stereocenters. The second-order valence-electron chi connectivity index (χ2n) is 6.59. The third-order valence-corrected chi connectivity index (χ3v) is 4.14. The number of carbonyl (C=O) groups excluding carboxylic acids is 1. The van der Waals surface area contributed by atoms with Gasteiger partial charge in [0.05, 0.1) is 25.4 Å². The SMILES string of the molecule is COc1ccc(C(=O)NC(C)(C)c2cn(Cc3ccccc3)nn2)cc1. The Balaban J connectivity index is 1.70. The van der Waals surface area contributed by atoms with Gasteiger partial charge in [0.2, 0.25) is 0 Å². The van der Waals surface area contributed by atoms with Gasteiger partial charge in [-0.1, -0.05) is 35.5 Å². The summed E-state index contributed by atoms with van der Waals surface area (Å²) < 4.78 is 6.89. The van der Waals surface area contributed by atoms with Gasteiger partial charge in [0.1, 0.15) is 11.4 Å². The Morgan fingerprint density at radius 1 is 1.12 bits per heavy atom. The lowest BCUT2D eigenvalue weighted by Gasteiger charge is -2.23. The molecule has 0 aliphatic heterocycles. The zero-order chi connectivity index (χ0) is 18.6. The van der Waals surface area contributed by atoms with E-state index in [1.54, 1.807) is 36.1 Å². The van der Waals surface area contributed by atoms with E-state index in [1.807, 2.05) is 50.4 Å². The molecule has 134 valence electrons. The van der Waals surface area contributed by atoms with Gasteiger partial charge in [-0.2, -0.15) is 0 Å². The summed E-state index contributed by atoms with van der Waals surface area (Å²) in [6.07, 6.45) is 1.86. The molecule has 0 atom stereocenters. The van der Waals surface area contributed by atoms with Crippen LogP contribution in [0.2, 0.25) is 0 Å². The van der Waals surface area contributed by atoms with Crippen LogP contribution in [0.3, 0.4) is 0 Å². The van der Waals surface area contributed by atoms with Crippen LogP contribution >= 0.6 is 0 Å². The zero-order valence-corrected chi connectivity index (χ0v) is 15.1. The van der Waals surface area contributed by atoms with Gasteiger partial charge in [0.15, 0.2) is 0 Å². The summed E-state index contributed by atoms with van der Waals surface area (Å²) in [7, 11) is 1.59. The van der Waals surface area contributed by atoms with E-state index >= 15 is 0 Å².